The van der Waals surface area contributed by atoms with Crippen LogP contribution in [0.2, 0.25) is 5.02 Å². The first-order valence-corrected chi connectivity index (χ1v) is 9.00. The van der Waals surface area contributed by atoms with Crippen molar-refractivity contribution in [3.63, 3.8) is 0 Å². The lowest BCUT2D eigenvalue weighted by Gasteiger charge is -2.32. The largest absolute Gasteiger partial charge is 0.356 e. The molecule has 1 aliphatic rings. The number of hydrogen-bond acceptors (Lipinski definition) is 3. The van der Waals surface area contributed by atoms with Crippen molar-refractivity contribution in [2.45, 2.75) is 32.7 Å². The van der Waals surface area contributed by atoms with Gasteiger partial charge in [-0.15, -0.1) is 0 Å². The monoisotopic (exact) mass is 345 g/mol. The van der Waals surface area contributed by atoms with Crippen LogP contribution in [-0.2, 0) is 11.3 Å². The molecule has 128 valence electrons. The summed E-state index contributed by atoms with van der Waals surface area (Å²) in [6.45, 7) is 5.39. The Hall–Kier alpha value is -1.65. The van der Waals surface area contributed by atoms with Gasteiger partial charge in [-0.3, -0.25) is 9.69 Å². The number of amides is 1. The molecule has 1 amide bonds. The van der Waals surface area contributed by atoms with Gasteiger partial charge >= 0.3 is 0 Å². The maximum Gasteiger partial charge on any atom is 0.216 e. The molecular weight excluding hydrogens is 322 g/mol. The van der Waals surface area contributed by atoms with E-state index in [-0.39, 0.29) is 5.91 Å². The minimum absolute atomic E-state index is 0.0555. The van der Waals surface area contributed by atoms with Crippen molar-refractivity contribution in [2.75, 3.05) is 19.6 Å². The van der Waals surface area contributed by atoms with E-state index in [0.29, 0.717) is 10.9 Å². The van der Waals surface area contributed by atoms with Gasteiger partial charge in [0.05, 0.1) is 16.2 Å². The Bertz CT molecular complexity index is 719. The van der Waals surface area contributed by atoms with Crippen molar-refractivity contribution in [2.24, 2.45) is 5.92 Å². The third-order valence-electron chi connectivity index (χ3n) is 4.64. The van der Waals surface area contributed by atoms with E-state index < -0.39 is 0 Å². The van der Waals surface area contributed by atoms with E-state index in [1.54, 1.807) is 6.92 Å². The summed E-state index contributed by atoms with van der Waals surface area (Å²) in [5, 5.41) is 4.69. The number of carbonyl (C=O) groups is 1. The van der Waals surface area contributed by atoms with Crippen molar-refractivity contribution >= 4 is 28.4 Å². The zero-order valence-electron chi connectivity index (χ0n) is 14.1. The van der Waals surface area contributed by atoms with E-state index in [9.17, 15) is 4.79 Å². The van der Waals surface area contributed by atoms with Gasteiger partial charge in [0.25, 0.3) is 0 Å². The van der Waals surface area contributed by atoms with Gasteiger partial charge in [-0.25, -0.2) is 4.98 Å². The smallest absolute Gasteiger partial charge is 0.216 e. The highest BCUT2D eigenvalue weighted by Gasteiger charge is 2.20. The summed E-state index contributed by atoms with van der Waals surface area (Å²) in [5.74, 6) is 0.703. The zero-order chi connectivity index (χ0) is 16.9. The number of carbonyl (C=O) groups excluding carboxylic acids is 1. The molecule has 0 saturated carbocycles. The molecule has 0 radical (unpaired) electrons. The number of nitrogens with one attached hydrogen (secondary N) is 1. The number of halogens is 1. The Morgan fingerprint density at radius 1 is 1.38 bits per heavy atom. The normalized spacial score (nSPS) is 18.7. The number of fused-ring (bicyclic) bond motifs is 1. The quantitative estimate of drug-likeness (QED) is 0.900. The molecule has 24 heavy (non-hydrogen) atoms. The highest BCUT2D eigenvalue weighted by Crippen LogP contribution is 2.24. The molecule has 1 fully saturated rings. The molecule has 1 aromatic carbocycles. The Kier molecular flexibility index (Phi) is 5.69. The molecule has 1 aromatic heterocycles. The van der Waals surface area contributed by atoms with Crippen LogP contribution in [0.25, 0.3) is 10.9 Å². The van der Waals surface area contributed by atoms with Gasteiger partial charge in [-0.05, 0) is 43.9 Å². The van der Waals surface area contributed by atoms with Crippen LogP contribution in [0, 0.1) is 5.92 Å². The molecule has 0 aliphatic carbocycles. The molecule has 1 aliphatic heterocycles. The number of nitrogens with zero attached hydrogens (tertiary/aromatic N) is 2. The first kappa shape index (κ1) is 17.2. The molecule has 1 N–H and O–H groups in total. The van der Waals surface area contributed by atoms with Gasteiger partial charge in [-0.1, -0.05) is 29.8 Å². The lowest BCUT2D eigenvalue weighted by Crippen LogP contribution is -2.36. The van der Waals surface area contributed by atoms with Crippen LogP contribution < -0.4 is 5.32 Å². The number of pyridine rings is 1. The van der Waals surface area contributed by atoms with Crippen molar-refractivity contribution in [3.05, 3.63) is 41.0 Å². The molecule has 1 atom stereocenters. The molecule has 2 heterocycles. The van der Waals surface area contributed by atoms with Gasteiger partial charge in [0, 0.05) is 31.9 Å². The van der Waals surface area contributed by atoms with E-state index in [1.165, 1.54) is 12.8 Å². The first-order chi connectivity index (χ1) is 11.6. The molecule has 5 heteroatoms. The van der Waals surface area contributed by atoms with Crippen molar-refractivity contribution < 1.29 is 4.79 Å². The Morgan fingerprint density at radius 2 is 2.25 bits per heavy atom. The second-order valence-corrected chi connectivity index (χ2v) is 7.04. The number of benzene rings is 1. The second kappa shape index (κ2) is 7.95. The zero-order valence-corrected chi connectivity index (χ0v) is 14.9. The minimum atomic E-state index is 0.0555. The van der Waals surface area contributed by atoms with Crippen LogP contribution in [0.1, 0.15) is 31.9 Å². The summed E-state index contributed by atoms with van der Waals surface area (Å²) in [5.41, 5.74) is 1.95. The average molecular weight is 346 g/mol. The molecule has 1 saturated heterocycles. The SMILES string of the molecule is CC(=O)NCCC1CCCN(Cc2ccc3cccc(Cl)c3n2)C1. The summed E-state index contributed by atoms with van der Waals surface area (Å²) >= 11 is 6.27. The van der Waals surface area contributed by atoms with Crippen LogP contribution >= 0.6 is 11.6 Å². The number of rotatable bonds is 5. The van der Waals surface area contributed by atoms with Gasteiger partial charge in [-0.2, -0.15) is 0 Å². The van der Waals surface area contributed by atoms with Crippen molar-refractivity contribution in [1.82, 2.24) is 15.2 Å². The second-order valence-electron chi connectivity index (χ2n) is 6.63. The van der Waals surface area contributed by atoms with Gasteiger partial charge in [0.15, 0.2) is 0 Å². The topological polar surface area (TPSA) is 45.2 Å². The van der Waals surface area contributed by atoms with Crippen LogP contribution in [0.4, 0.5) is 0 Å². The van der Waals surface area contributed by atoms with E-state index in [0.717, 1.165) is 49.2 Å². The van der Waals surface area contributed by atoms with Gasteiger partial charge < -0.3 is 5.32 Å². The predicted molar refractivity (Wildman–Crippen MR) is 98.1 cm³/mol. The van der Waals surface area contributed by atoms with Crippen LogP contribution in [0.15, 0.2) is 30.3 Å². The summed E-state index contributed by atoms with van der Waals surface area (Å²) in [7, 11) is 0. The number of aromatic nitrogens is 1. The van der Waals surface area contributed by atoms with E-state index >= 15 is 0 Å². The lowest BCUT2D eigenvalue weighted by atomic mass is 9.94. The minimum Gasteiger partial charge on any atom is -0.356 e. The lowest BCUT2D eigenvalue weighted by molar-refractivity contribution is -0.119. The van der Waals surface area contributed by atoms with Crippen molar-refractivity contribution in [1.29, 1.82) is 0 Å². The average Bonchev–Trinajstić information content (AvgIpc) is 2.56. The summed E-state index contributed by atoms with van der Waals surface area (Å²) < 4.78 is 0. The van der Waals surface area contributed by atoms with Crippen LogP contribution in [0.5, 0.6) is 0 Å². The van der Waals surface area contributed by atoms with Crippen LogP contribution in [0.3, 0.4) is 0 Å². The maximum absolute atomic E-state index is 11.0. The fraction of sp³-hybridized carbons (Fsp3) is 0.474. The summed E-state index contributed by atoms with van der Waals surface area (Å²) in [6, 6.07) is 10.1. The standard InChI is InChI=1S/C19H24ClN3O/c1-14(24)21-10-9-15-4-3-11-23(12-15)13-17-8-7-16-5-2-6-18(20)19(16)22-17/h2,5-8,15H,3-4,9-13H2,1H3,(H,21,24). The third kappa shape index (κ3) is 4.46. The highest BCUT2D eigenvalue weighted by molar-refractivity contribution is 6.35. The molecule has 4 nitrogen and oxygen atoms in total. The van der Waals surface area contributed by atoms with Gasteiger partial charge in [0.2, 0.25) is 5.91 Å². The first-order valence-electron chi connectivity index (χ1n) is 8.63. The van der Waals surface area contributed by atoms with E-state index in [1.807, 2.05) is 18.2 Å². The number of hydrogen-bond donors (Lipinski definition) is 1. The van der Waals surface area contributed by atoms with E-state index in [4.69, 9.17) is 16.6 Å². The Labute approximate surface area is 148 Å². The Morgan fingerprint density at radius 3 is 3.08 bits per heavy atom. The number of piperidine rings is 1. The molecule has 1 unspecified atom stereocenters. The maximum atomic E-state index is 11.0. The highest BCUT2D eigenvalue weighted by atomic mass is 35.5. The number of para-hydroxylation sites is 1. The van der Waals surface area contributed by atoms with Crippen LogP contribution in [-0.4, -0.2) is 35.4 Å². The van der Waals surface area contributed by atoms with Gasteiger partial charge in [0.1, 0.15) is 0 Å². The van der Waals surface area contributed by atoms with E-state index in [2.05, 4.69) is 22.3 Å². The molecular formula is C19H24ClN3O. The molecule has 0 spiro atoms. The fourth-order valence-electron chi connectivity index (χ4n) is 3.45. The Balaban J connectivity index is 1.61. The summed E-state index contributed by atoms with van der Waals surface area (Å²) in [6.07, 6.45) is 3.50. The molecule has 3 rings (SSSR count). The van der Waals surface area contributed by atoms with Crippen molar-refractivity contribution in [3.8, 4) is 0 Å². The summed E-state index contributed by atoms with van der Waals surface area (Å²) in [4.78, 5) is 18.2. The fourth-order valence-corrected chi connectivity index (χ4v) is 3.68. The molecule has 0 bridgehead atoms. The third-order valence-corrected chi connectivity index (χ3v) is 4.95. The number of likely N-dealkylation sites (tertiary alicyclic amines) is 1. The predicted octanol–water partition coefficient (Wildman–Crippen LogP) is 3.63. The molecule has 2 aromatic rings.